The van der Waals surface area contributed by atoms with E-state index >= 15 is 0 Å². The Bertz CT molecular complexity index is 632. The second kappa shape index (κ2) is 4.27. The highest BCUT2D eigenvalue weighted by atomic mass is 16.7. The van der Waals surface area contributed by atoms with Crippen molar-refractivity contribution in [2.45, 2.75) is 38.9 Å². The summed E-state index contributed by atoms with van der Waals surface area (Å²) in [5.41, 5.74) is 1.32. The zero-order valence-electron chi connectivity index (χ0n) is 12.6. The summed E-state index contributed by atoms with van der Waals surface area (Å²) in [5, 5.41) is 1.02. The van der Waals surface area contributed by atoms with Crippen LogP contribution in [-0.4, -0.2) is 30.4 Å². The van der Waals surface area contributed by atoms with Crippen molar-refractivity contribution in [3.8, 4) is 5.75 Å². The number of aromatic amines is 1. The average molecular weight is 273 g/mol. The van der Waals surface area contributed by atoms with E-state index in [0.29, 0.717) is 0 Å². The van der Waals surface area contributed by atoms with Gasteiger partial charge in [0.25, 0.3) is 0 Å². The smallest absolute Gasteiger partial charge is 0.496 e. The van der Waals surface area contributed by atoms with Gasteiger partial charge < -0.3 is 19.0 Å². The molecular formula is C15H20BNO3. The molecule has 0 amide bonds. The highest BCUT2D eigenvalue weighted by Gasteiger charge is 2.52. The predicted octanol–water partition coefficient (Wildman–Crippen LogP) is 2.48. The van der Waals surface area contributed by atoms with Crippen molar-refractivity contribution in [1.29, 1.82) is 0 Å². The number of hydrogen-bond donors (Lipinski definition) is 1. The number of benzene rings is 1. The minimum Gasteiger partial charge on any atom is -0.496 e. The molecule has 0 radical (unpaired) electrons. The Morgan fingerprint density at radius 2 is 1.75 bits per heavy atom. The summed E-state index contributed by atoms with van der Waals surface area (Å²) < 4.78 is 17.7. The van der Waals surface area contributed by atoms with Gasteiger partial charge in [0.15, 0.2) is 0 Å². The normalized spacial score (nSPS) is 20.6. The number of rotatable bonds is 2. The largest absolute Gasteiger partial charge is 0.497 e. The lowest BCUT2D eigenvalue weighted by molar-refractivity contribution is 0.00578. The van der Waals surface area contributed by atoms with E-state index < -0.39 is 0 Å². The van der Waals surface area contributed by atoms with Gasteiger partial charge in [0.05, 0.1) is 18.3 Å². The minimum absolute atomic E-state index is 0.344. The third-order valence-electron chi connectivity index (χ3n) is 4.43. The molecule has 1 aromatic carbocycles. The van der Waals surface area contributed by atoms with Gasteiger partial charge in [0, 0.05) is 22.6 Å². The maximum atomic E-state index is 6.12. The maximum Gasteiger partial charge on any atom is 0.497 e. The molecule has 1 saturated heterocycles. The molecule has 0 saturated carbocycles. The molecule has 0 unspecified atom stereocenters. The molecule has 1 N–H and O–H groups in total. The van der Waals surface area contributed by atoms with E-state index in [0.717, 1.165) is 22.1 Å². The summed E-state index contributed by atoms with van der Waals surface area (Å²) in [6, 6.07) is 5.93. The molecule has 1 aliphatic rings. The molecule has 0 spiro atoms. The van der Waals surface area contributed by atoms with E-state index in [2.05, 4.69) is 32.7 Å². The van der Waals surface area contributed by atoms with Crippen LogP contribution in [0, 0.1) is 0 Å². The second-order valence-electron chi connectivity index (χ2n) is 6.22. The fourth-order valence-corrected chi connectivity index (χ4v) is 2.50. The van der Waals surface area contributed by atoms with Crippen molar-refractivity contribution in [3.05, 3.63) is 24.4 Å². The average Bonchev–Trinajstić information content (AvgIpc) is 2.88. The highest BCUT2D eigenvalue weighted by molar-refractivity contribution is 6.65. The van der Waals surface area contributed by atoms with Crippen molar-refractivity contribution >= 4 is 23.5 Å². The number of nitrogens with one attached hydrogen (secondary N) is 1. The first-order chi connectivity index (χ1) is 9.36. The number of H-pyrrole nitrogens is 1. The van der Waals surface area contributed by atoms with Gasteiger partial charge in [0.2, 0.25) is 0 Å². The summed E-state index contributed by atoms with van der Waals surface area (Å²) in [5.74, 6) is 0.827. The monoisotopic (exact) mass is 273 g/mol. The van der Waals surface area contributed by atoms with E-state index in [1.54, 1.807) is 7.11 Å². The van der Waals surface area contributed by atoms with Crippen LogP contribution in [0.25, 0.3) is 10.9 Å². The van der Waals surface area contributed by atoms with Gasteiger partial charge in [0.1, 0.15) is 5.75 Å². The van der Waals surface area contributed by atoms with Crippen LogP contribution in [0.2, 0.25) is 0 Å². The zero-order chi connectivity index (χ0) is 14.5. The molecule has 0 aliphatic carbocycles. The molecule has 1 fully saturated rings. The van der Waals surface area contributed by atoms with Gasteiger partial charge in [-0.1, -0.05) is 6.07 Å². The Balaban J connectivity index is 2.09. The minimum atomic E-state index is -0.384. The molecule has 1 aliphatic heterocycles. The lowest BCUT2D eigenvalue weighted by Crippen LogP contribution is -2.41. The third-order valence-corrected chi connectivity index (χ3v) is 4.43. The van der Waals surface area contributed by atoms with E-state index in [1.807, 2.05) is 24.4 Å². The third kappa shape index (κ3) is 1.85. The van der Waals surface area contributed by atoms with E-state index in [4.69, 9.17) is 14.0 Å². The molecule has 2 aromatic rings. The fourth-order valence-electron chi connectivity index (χ4n) is 2.50. The Morgan fingerprint density at radius 1 is 1.10 bits per heavy atom. The number of hydrogen-bond acceptors (Lipinski definition) is 3. The molecule has 0 bridgehead atoms. The summed E-state index contributed by atoms with van der Waals surface area (Å²) >= 11 is 0. The van der Waals surface area contributed by atoms with Gasteiger partial charge >= 0.3 is 7.12 Å². The lowest BCUT2D eigenvalue weighted by Gasteiger charge is -2.32. The van der Waals surface area contributed by atoms with Gasteiger partial charge in [-0.3, -0.25) is 0 Å². The van der Waals surface area contributed by atoms with Crippen molar-refractivity contribution in [1.82, 2.24) is 4.98 Å². The second-order valence-corrected chi connectivity index (χ2v) is 6.22. The Hall–Kier alpha value is -1.46. The van der Waals surface area contributed by atoms with E-state index in [9.17, 15) is 0 Å². The van der Waals surface area contributed by atoms with Crippen molar-refractivity contribution in [2.24, 2.45) is 0 Å². The number of ether oxygens (including phenoxy) is 1. The summed E-state index contributed by atoms with van der Waals surface area (Å²) in [7, 11) is 1.29. The van der Waals surface area contributed by atoms with Crippen LogP contribution in [0.5, 0.6) is 5.75 Å². The predicted molar refractivity (Wildman–Crippen MR) is 80.6 cm³/mol. The van der Waals surface area contributed by atoms with E-state index in [1.165, 1.54) is 0 Å². The van der Waals surface area contributed by atoms with Gasteiger partial charge in [-0.25, -0.2) is 0 Å². The quantitative estimate of drug-likeness (QED) is 0.855. The van der Waals surface area contributed by atoms with Crippen LogP contribution >= 0.6 is 0 Å². The number of aromatic nitrogens is 1. The summed E-state index contributed by atoms with van der Waals surface area (Å²) in [6.07, 6.45) is 1.94. The van der Waals surface area contributed by atoms with Gasteiger partial charge in [-0.05, 0) is 39.8 Å². The van der Waals surface area contributed by atoms with Crippen LogP contribution in [-0.2, 0) is 9.31 Å². The highest BCUT2D eigenvalue weighted by Crippen LogP contribution is 2.37. The Labute approximate surface area is 119 Å². The standard InChI is InChI=1S/C15H20BNO3/c1-14(2)15(3,4)20-16(19-14)10-9-17-11-7-6-8-12(18-5)13(10)11/h6-9,17H,1-5H3. The van der Waals surface area contributed by atoms with Crippen LogP contribution in [0.4, 0.5) is 0 Å². The van der Waals surface area contributed by atoms with Crippen molar-refractivity contribution in [3.63, 3.8) is 0 Å². The summed E-state index contributed by atoms with van der Waals surface area (Å²) in [6.45, 7) is 8.22. The van der Waals surface area contributed by atoms with Crippen LogP contribution < -0.4 is 10.2 Å². The fraction of sp³-hybridized carbons (Fsp3) is 0.467. The summed E-state index contributed by atoms with van der Waals surface area (Å²) in [4.78, 5) is 3.25. The topological polar surface area (TPSA) is 43.5 Å². The molecule has 0 atom stereocenters. The van der Waals surface area contributed by atoms with Gasteiger partial charge in [-0.2, -0.15) is 0 Å². The number of methoxy groups -OCH3 is 1. The Morgan fingerprint density at radius 3 is 2.35 bits per heavy atom. The first kappa shape index (κ1) is 13.5. The molecule has 1 aromatic heterocycles. The SMILES string of the molecule is COc1cccc2[nH]cc(B3OC(C)(C)C(C)(C)O3)c12. The van der Waals surface area contributed by atoms with Crippen molar-refractivity contribution < 1.29 is 14.0 Å². The molecule has 2 heterocycles. The van der Waals surface area contributed by atoms with Crippen LogP contribution in [0.3, 0.4) is 0 Å². The maximum absolute atomic E-state index is 6.12. The first-order valence-electron chi connectivity index (χ1n) is 6.85. The van der Waals surface area contributed by atoms with Gasteiger partial charge in [-0.15, -0.1) is 0 Å². The molecular weight excluding hydrogens is 253 g/mol. The molecule has 106 valence electrons. The van der Waals surface area contributed by atoms with Crippen LogP contribution in [0.15, 0.2) is 24.4 Å². The zero-order valence-corrected chi connectivity index (χ0v) is 12.6. The molecule has 3 rings (SSSR count). The molecule has 20 heavy (non-hydrogen) atoms. The van der Waals surface area contributed by atoms with E-state index in [-0.39, 0.29) is 18.3 Å². The Kier molecular flexibility index (Phi) is 2.89. The number of fused-ring (bicyclic) bond motifs is 1. The first-order valence-corrected chi connectivity index (χ1v) is 6.85. The molecule has 5 heteroatoms. The van der Waals surface area contributed by atoms with Crippen LogP contribution in [0.1, 0.15) is 27.7 Å². The lowest BCUT2D eigenvalue weighted by atomic mass is 9.79. The molecule has 4 nitrogen and oxygen atoms in total. The van der Waals surface area contributed by atoms with Crippen molar-refractivity contribution in [2.75, 3.05) is 7.11 Å².